The fraction of sp³-hybridized carbons (Fsp3) is 0.438. The Morgan fingerprint density at radius 1 is 1.16 bits per heavy atom. The molecule has 0 spiro atoms. The van der Waals surface area contributed by atoms with Crippen molar-refractivity contribution in [1.29, 1.82) is 0 Å². The van der Waals surface area contributed by atoms with Crippen molar-refractivity contribution in [3.8, 4) is 17.0 Å². The summed E-state index contributed by atoms with van der Waals surface area (Å²) < 4.78 is 1.95. The summed E-state index contributed by atoms with van der Waals surface area (Å²) in [5.41, 5.74) is 2.43. The van der Waals surface area contributed by atoms with Crippen molar-refractivity contribution in [2.75, 3.05) is 0 Å². The Bertz CT molecular complexity index is 550. The van der Waals surface area contributed by atoms with Gasteiger partial charge in [-0.2, -0.15) is 5.10 Å². The lowest BCUT2D eigenvalue weighted by molar-refractivity contribution is 0.339. The molecule has 2 aromatic rings. The van der Waals surface area contributed by atoms with Crippen LogP contribution in [0.25, 0.3) is 11.3 Å². The smallest absolute Gasteiger partial charge is 0.165 e. The van der Waals surface area contributed by atoms with Crippen LogP contribution in [0.3, 0.4) is 0 Å². The van der Waals surface area contributed by atoms with E-state index in [0.29, 0.717) is 11.4 Å². The number of hydrogen-bond donors (Lipinski definition) is 1. The normalized spacial score (nSPS) is 11.8. The van der Waals surface area contributed by atoms with Crippen molar-refractivity contribution in [3.63, 3.8) is 0 Å². The van der Waals surface area contributed by atoms with E-state index in [-0.39, 0.29) is 5.54 Å². The average Bonchev–Trinajstić information content (AvgIpc) is 2.69. The van der Waals surface area contributed by atoms with Gasteiger partial charge in [0.2, 0.25) is 0 Å². The molecule has 0 saturated heterocycles. The highest BCUT2D eigenvalue weighted by Gasteiger charge is 2.24. The molecule has 3 heteroatoms. The molecule has 0 atom stereocenters. The van der Waals surface area contributed by atoms with Gasteiger partial charge in [0.1, 0.15) is 5.69 Å². The molecule has 3 nitrogen and oxygen atoms in total. The molecular formula is C16H22N2O. The second-order valence-corrected chi connectivity index (χ2v) is 5.84. The molecule has 1 heterocycles. The number of nitrogens with zero attached hydrogens (tertiary/aromatic N) is 2. The van der Waals surface area contributed by atoms with Crippen molar-refractivity contribution in [2.24, 2.45) is 0 Å². The van der Waals surface area contributed by atoms with Crippen molar-refractivity contribution in [1.82, 2.24) is 9.78 Å². The fourth-order valence-electron chi connectivity index (χ4n) is 2.25. The molecule has 0 fully saturated rings. The monoisotopic (exact) mass is 258 g/mol. The van der Waals surface area contributed by atoms with Gasteiger partial charge in [0.15, 0.2) is 5.75 Å². The highest BCUT2D eigenvalue weighted by Crippen LogP contribution is 2.34. The standard InChI is InChI=1S/C16H22N2O/c1-5-9-13-15(19)14(12-10-7-6-8-11-12)17-18(13)16(2,3)4/h6-8,10-11,19H,5,9H2,1-4H3. The lowest BCUT2D eigenvalue weighted by Gasteiger charge is -2.22. The van der Waals surface area contributed by atoms with Gasteiger partial charge in [-0.3, -0.25) is 4.68 Å². The van der Waals surface area contributed by atoms with Crippen LogP contribution >= 0.6 is 0 Å². The summed E-state index contributed by atoms with van der Waals surface area (Å²) >= 11 is 0. The summed E-state index contributed by atoms with van der Waals surface area (Å²) in [6, 6.07) is 9.85. The van der Waals surface area contributed by atoms with Gasteiger partial charge in [0.05, 0.1) is 11.2 Å². The van der Waals surface area contributed by atoms with Crippen LogP contribution in [0.15, 0.2) is 30.3 Å². The third-order valence-corrected chi connectivity index (χ3v) is 3.12. The number of hydrogen-bond acceptors (Lipinski definition) is 2. The number of benzene rings is 1. The molecule has 102 valence electrons. The minimum absolute atomic E-state index is 0.130. The van der Waals surface area contributed by atoms with E-state index in [1.807, 2.05) is 35.0 Å². The predicted octanol–water partition coefficient (Wildman–Crippen LogP) is 3.96. The lowest BCUT2D eigenvalue weighted by Crippen LogP contribution is -2.25. The third kappa shape index (κ3) is 2.65. The van der Waals surface area contributed by atoms with Gasteiger partial charge in [-0.1, -0.05) is 43.7 Å². The van der Waals surface area contributed by atoms with Gasteiger partial charge < -0.3 is 5.11 Å². The Kier molecular flexibility index (Phi) is 3.65. The minimum Gasteiger partial charge on any atom is -0.504 e. The van der Waals surface area contributed by atoms with Gasteiger partial charge in [-0.15, -0.1) is 0 Å². The molecule has 1 aromatic heterocycles. The second-order valence-electron chi connectivity index (χ2n) is 5.84. The molecule has 0 radical (unpaired) electrons. The molecule has 0 unspecified atom stereocenters. The Morgan fingerprint density at radius 3 is 2.32 bits per heavy atom. The zero-order chi connectivity index (χ0) is 14.0. The van der Waals surface area contributed by atoms with E-state index < -0.39 is 0 Å². The summed E-state index contributed by atoms with van der Waals surface area (Å²) in [5, 5.41) is 15.1. The molecule has 0 saturated carbocycles. The maximum absolute atomic E-state index is 10.5. The Morgan fingerprint density at radius 2 is 1.79 bits per heavy atom. The summed E-state index contributed by atoms with van der Waals surface area (Å²) in [5.74, 6) is 0.322. The Labute approximate surface area is 114 Å². The molecule has 0 aliphatic carbocycles. The zero-order valence-electron chi connectivity index (χ0n) is 12.1. The second kappa shape index (κ2) is 5.08. The average molecular weight is 258 g/mol. The van der Waals surface area contributed by atoms with Crippen LogP contribution in [0, 0.1) is 0 Å². The van der Waals surface area contributed by atoms with E-state index in [2.05, 4.69) is 32.8 Å². The van der Waals surface area contributed by atoms with Crippen LogP contribution in [0.1, 0.15) is 39.8 Å². The van der Waals surface area contributed by atoms with Crippen LogP contribution in [-0.2, 0) is 12.0 Å². The lowest BCUT2D eigenvalue weighted by atomic mass is 10.1. The quantitative estimate of drug-likeness (QED) is 0.904. The first-order valence-corrected chi connectivity index (χ1v) is 6.82. The van der Waals surface area contributed by atoms with E-state index >= 15 is 0 Å². The van der Waals surface area contributed by atoms with Gasteiger partial charge in [0, 0.05) is 5.56 Å². The van der Waals surface area contributed by atoms with Gasteiger partial charge in [-0.05, 0) is 27.2 Å². The third-order valence-electron chi connectivity index (χ3n) is 3.12. The summed E-state index contributed by atoms with van der Waals surface area (Å²) in [6.45, 7) is 8.43. The Balaban J connectivity index is 2.59. The largest absolute Gasteiger partial charge is 0.504 e. The van der Waals surface area contributed by atoms with Gasteiger partial charge in [-0.25, -0.2) is 0 Å². The van der Waals surface area contributed by atoms with Crippen LogP contribution in [0.4, 0.5) is 0 Å². The summed E-state index contributed by atoms with van der Waals surface area (Å²) in [6.07, 6.45) is 1.83. The van der Waals surface area contributed by atoms with Crippen molar-refractivity contribution in [3.05, 3.63) is 36.0 Å². The predicted molar refractivity (Wildman–Crippen MR) is 78.3 cm³/mol. The van der Waals surface area contributed by atoms with Crippen LogP contribution in [0.2, 0.25) is 0 Å². The topological polar surface area (TPSA) is 38.1 Å². The first-order valence-electron chi connectivity index (χ1n) is 6.82. The molecule has 1 aromatic carbocycles. The van der Waals surface area contributed by atoms with Crippen LogP contribution in [-0.4, -0.2) is 14.9 Å². The van der Waals surface area contributed by atoms with E-state index in [0.717, 1.165) is 24.1 Å². The highest BCUT2D eigenvalue weighted by atomic mass is 16.3. The summed E-state index contributed by atoms with van der Waals surface area (Å²) in [4.78, 5) is 0. The van der Waals surface area contributed by atoms with E-state index in [4.69, 9.17) is 0 Å². The van der Waals surface area contributed by atoms with Gasteiger partial charge in [0.25, 0.3) is 0 Å². The number of rotatable bonds is 3. The molecular weight excluding hydrogens is 236 g/mol. The van der Waals surface area contributed by atoms with Crippen molar-refractivity contribution >= 4 is 0 Å². The molecule has 19 heavy (non-hydrogen) atoms. The first-order chi connectivity index (χ1) is 8.95. The van der Waals surface area contributed by atoms with Crippen molar-refractivity contribution < 1.29 is 5.11 Å². The fourth-order valence-corrected chi connectivity index (χ4v) is 2.25. The highest BCUT2D eigenvalue weighted by molar-refractivity contribution is 5.67. The molecule has 2 rings (SSSR count). The van der Waals surface area contributed by atoms with Crippen LogP contribution < -0.4 is 0 Å². The molecule has 0 aliphatic heterocycles. The van der Waals surface area contributed by atoms with Gasteiger partial charge >= 0.3 is 0 Å². The maximum atomic E-state index is 10.5. The first kappa shape index (κ1) is 13.7. The Hall–Kier alpha value is -1.77. The van der Waals surface area contributed by atoms with Crippen LogP contribution in [0.5, 0.6) is 5.75 Å². The minimum atomic E-state index is -0.130. The SMILES string of the molecule is CCCc1c(O)c(-c2ccccc2)nn1C(C)(C)C. The molecule has 0 aliphatic rings. The van der Waals surface area contributed by atoms with E-state index in [1.54, 1.807) is 0 Å². The maximum Gasteiger partial charge on any atom is 0.165 e. The number of aromatic hydroxyl groups is 1. The summed E-state index contributed by atoms with van der Waals surface area (Å²) in [7, 11) is 0. The van der Waals surface area contributed by atoms with E-state index in [9.17, 15) is 5.11 Å². The molecule has 0 bridgehead atoms. The zero-order valence-corrected chi connectivity index (χ0v) is 12.1. The van der Waals surface area contributed by atoms with Crippen molar-refractivity contribution in [2.45, 2.75) is 46.1 Å². The number of aromatic nitrogens is 2. The molecule has 0 amide bonds. The molecule has 1 N–H and O–H groups in total. The van der Waals surface area contributed by atoms with E-state index in [1.165, 1.54) is 0 Å².